The number of nitrogens with zero attached hydrogens (tertiary/aromatic N) is 1. The van der Waals surface area contributed by atoms with E-state index in [4.69, 9.17) is 0 Å². The number of hydrogen-bond donors (Lipinski definition) is 0. The Labute approximate surface area is 83.3 Å². The Balaban J connectivity index is 2.79. The Morgan fingerprint density at radius 1 is 1.42 bits per heavy atom. The first-order chi connectivity index (χ1) is 5.41. The monoisotopic (exact) mass is 229 g/mol. The number of hydrogen-bond acceptors (Lipinski definition) is 1. The second kappa shape index (κ2) is 3.25. The molecule has 0 aromatic rings. The number of rotatable bonds is 0. The summed E-state index contributed by atoms with van der Waals surface area (Å²) in [6.45, 7) is 9.80. The van der Waals surface area contributed by atoms with E-state index < -0.39 is 0 Å². The number of halogens is 1. The lowest BCUT2D eigenvalue weighted by molar-refractivity contribution is 0.222. The highest BCUT2D eigenvalue weighted by Crippen LogP contribution is 2.25. The molecular weight excluding hydrogens is 214 g/mol. The van der Waals surface area contributed by atoms with Gasteiger partial charge in [0.2, 0.25) is 0 Å². The molecule has 2 heteroatoms. The van der Waals surface area contributed by atoms with Gasteiger partial charge in [-0.05, 0) is 33.3 Å². The Morgan fingerprint density at radius 3 is 2.42 bits per heavy atom. The molecule has 0 N–H and O–H groups in total. The molecule has 0 bridgehead atoms. The molecule has 0 aromatic carbocycles. The maximum Gasteiger partial charge on any atom is 0.0373 e. The molecule has 1 aliphatic rings. The van der Waals surface area contributed by atoms with Crippen LogP contribution in [0, 0.1) is 0 Å². The molecule has 0 unspecified atom stereocenters. The Bertz CT molecular complexity index is 233. The van der Waals surface area contributed by atoms with E-state index in [0.717, 1.165) is 6.54 Å². The van der Waals surface area contributed by atoms with Gasteiger partial charge >= 0.3 is 0 Å². The molecule has 0 fully saturated rings. The maximum absolute atomic E-state index is 3.51. The minimum atomic E-state index is 0.228. The van der Waals surface area contributed by atoms with Gasteiger partial charge in [0.05, 0.1) is 0 Å². The zero-order chi connectivity index (χ0) is 9.35. The normalized spacial score (nSPS) is 18.9. The van der Waals surface area contributed by atoms with Crippen LogP contribution in [0.15, 0.2) is 22.3 Å². The van der Waals surface area contributed by atoms with Gasteiger partial charge in [0, 0.05) is 22.8 Å². The maximum atomic E-state index is 3.51. The van der Waals surface area contributed by atoms with Crippen LogP contribution in [0.25, 0.3) is 0 Å². The Kier molecular flexibility index (Phi) is 2.67. The van der Waals surface area contributed by atoms with Crippen LogP contribution in [0.3, 0.4) is 0 Å². The van der Waals surface area contributed by atoms with Gasteiger partial charge in [-0.15, -0.1) is 0 Å². The first kappa shape index (κ1) is 9.85. The molecule has 0 aromatic heterocycles. The predicted molar refractivity (Wildman–Crippen MR) is 57.2 cm³/mol. The molecule has 0 atom stereocenters. The van der Waals surface area contributed by atoms with Crippen LogP contribution in [-0.2, 0) is 0 Å². The van der Waals surface area contributed by atoms with Crippen molar-refractivity contribution in [3.05, 3.63) is 22.3 Å². The summed E-state index contributed by atoms with van der Waals surface area (Å²) in [5.41, 5.74) is 1.53. The highest BCUT2D eigenvalue weighted by Gasteiger charge is 2.19. The highest BCUT2D eigenvalue weighted by molar-refractivity contribution is 9.12. The van der Waals surface area contributed by atoms with Crippen LogP contribution in [0.5, 0.6) is 0 Å². The zero-order valence-electron chi connectivity index (χ0n) is 8.19. The Hall–Kier alpha value is -0.240. The fraction of sp³-hybridized carbons (Fsp3) is 0.600. The van der Waals surface area contributed by atoms with Gasteiger partial charge in [0.25, 0.3) is 0 Å². The topological polar surface area (TPSA) is 3.24 Å². The van der Waals surface area contributed by atoms with Gasteiger partial charge in [-0.2, -0.15) is 0 Å². The van der Waals surface area contributed by atoms with Crippen LogP contribution in [0.4, 0.5) is 0 Å². The molecule has 0 saturated carbocycles. The zero-order valence-corrected chi connectivity index (χ0v) is 9.77. The van der Waals surface area contributed by atoms with Crippen molar-refractivity contribution in [2.24, 2.45) is 0 Å². The third-order valence-electron chi connectivity index (χ3n) is 2.06. The first-order valence-corrected chi connectivity index (χ1v) is 5.02. The molecule has 12 heavy (non-hydrogen) atoms. The summed E-state index contributed by atoms with van der Waals surface area (Å²) in [7, 11) is 0. The average Bonchev–Trinajstić information content (AvgIpc) is 1.92. The van der Waals surface area contributed by atoms with Crippen molar-refractivity contribution in [1.29, 1.82) is 0 Å². The summed E-state index contributed by atoms with van der Waals surface area (Å²) in [6.07, 6.45) is 4.42. The smallest absolute Gasteiger partial charge is 0.0373 e. The quantitative estimate of drug-likeness (QED) is 0.617. The van der Waals surface area contributed by atoms with Crippen molar-refractivity contribution >= 4 is 15.9 Å². The van der Waals surface area contributed by atoms with Crippen molar-refractivity contribution in [1.82, 2.24) is 4.90 Å². The summed E-state index contributed by atoms with van der Waals surface area (Å²) in [6, 6.07) is 0. The number of allylic oxidation sites excluding steroid dienone is 2. The Morgan fingerprint density at radius 2 is 2.00 bits per heavy atom. The lowest BCUT2D eigenvalue weighted by atomic mass is 10.0. The van der Waals surface area contributed by atoms with Crippen LogP contribution >= 0.6 is 15.9 Å². The predicted octanol–water partition coefficient (Wildman–Crippen LogP) is 3.28. The van der Waals surface area contributed by atoms with Crippen LogP contribution in [-0.4, -0.2) is 17.0 Å². The summed E-state index contributed by atoms with van der Waals surface area (Å²) in [4.78, 5) is 2.34. The third kappa shape index (κ3) is 2.13. The lowest BCUT2D eigenvalue weighted by Crippen LogP contribution is -2.38. The largest absolute Gasteiger partial charge is 0.369 e. The molecule has 0 saturated heterocycles. The molecule has 1 aliphatic heterocycles. The molecule has 0 aliphatic carbocycles. The molecule has 0 radical (unpaired) electrons. The van der Waals surface area contributed by atoms with Crippen molar-refractivity contribution in [3.8, 4) is 0 Å². The van der Waals surface area contributed by atoms with E-state index in [1.54, 1.807) is 0 Å². The summed E-state index contributed by atoms with van der Waals surface area (Å²) >= 11 is 3.51. The molecule has 0 spiro atoms. The van der Waals surface area contributed by atoms with Gasteiger partial charge in [-0.25, -0.2) is 0 Å². The van der Waals surface area contributed by atoms with Crippen molar-refractivity contribution in [2.45, 2.75) is 33.2 Å². The van der Waals surface area contributed by atoms with Gasteiger partial charge in [0.1, 0.15) is 0 Å². The van der Waals surface area contributed by atoms with Crippen molar-refractivity contribution in [3.63, 3.8) is 0 Å². The first-order valence-electron chi connectivity index (χ1n) is 4.22. The van der Waals surface area contributed by atoms with Gasteiger partial charge in [0.15, 0.2) is 0 Å². The van der Waals surface area contributed by atoms with Gasteiger partial charge < -0.3 is 4.90 Å². The second-order valence-electron chi connectivity index (χ2n) is 4.19. The summed E-state index contributed by atoms with van der Waals surface area (Å²) in [5.74, 6) is 0. The van der Waals surface area contributed by atoms with Gasteiger partial charge in [-0.1, -0.05) is 22.0 Å². The fourth-order valence-corrected chi connectivity index (χ4v) is 1.40. The van der Waals surface area contributed by atoms with Crippen molar-refractivity contribution < 1.29 is 0 Å². The molecule has 1 nitrogen and oxygen atoms in total. The second-order valence-corrected chi connectivity index (χ2v) is 5.04. The van der Waals surface area contributed by atoms with E-state index in [2.05, 4.69) is 60.8 Å². The molecular formula is C10H16BrN. The van der Waals surface area contributed by atoms with E-state index in [1.807, 2.05) is 0 Å². The highest BCUT2D eigenvalue weighted by atomic mass is 79.9. The van der Waals surface area contributed by atoms with E-state index >= 15 is 0 Å². The standard InChI is InChI=1S/C10H16BrN/c1-8-7-12(10(2,3)4)6-5-9(8)11/h5,7H,6H2,1-4H3. The fourth-order valence-electron chi connectivity index (χ4n) is 1.16. The lowest BCUT2D eigenvalue weighted by Gasteiger charge is -2.36. The molecule has 1 rings (SSSR count). The van der Waals surface area contributed by atoms with Gasteiger partial charge in [-0.3, -0.25) is 0 Å². The van der Waals surface area contributed by atoms with Crippen LogP contribution in [0.1, 0.15) is 27.7 Å². The molecule has 1 heterocycles. The minimum Gasteiger partial charge on any atom is -0.369 e. The third-order valence-corrected chi connectivity index (χ3v) is 3.00. The summed E-state index contributed by atoms with van der Waals surface area (Å²) in [5, 5.41) is 0. The molecule has 68 valence electrons. The molecule has 0 amide bonds. The van der Waals surface area contributed by atoms with E-state index in [0.29, 0.717) is 0 Å². The van der Waals surface area contributed by atoms with Crippen molar-refractivity contribution in [2.75, 3.05) is 6.54 Å². The van der Waals surface area contributed by atoms with E-state index in [-0.39, 0.29) is 5.54 Å². The summed E-state index contributed by atoms with van der Waals surface area (Å²) < 4.78 is 1.23. The van der Waals surface area contributed by atoms with Crippen LogP contribution < -0.4 is 0 Å². The average molecular weight is 230 g/mol. The van der Waals surface area contributed by atoms with E-state index in [9.17, 15) is 0 Å². The SMILES string of the molecule is CC1=CN(C(C)(C)C)CC=C1Br. The minimum absolute atomic E-state index is 0.228. The van der Waals surface area contributed by atoms with E-state index in [1.165, 1.54) is 10.1 Å². The van der Waals surface area contributed by atoms with Crippen LogP contribution in [0.2, 0.25) is 0 Å².